The summed E-state index contributed by atoms with van der Waals surface area (Å²) in [5.41, 5.74) is 1.98. The first kappa shape index (κ1) is 26.2. The van der Waals surface area contributed by atoms with Gasteiger partial charge in [-0.05, 0) is 50.7 Å². The van der Waals surface area contributed by atoms with Crippen LogP contribution in [0.3, 0.4) is 0 Å². The molecule has 0 spiro atoms. The van der Waals surface area contributed by atoms with Crippen LogP contribution in [0.4, 0.5) is 10.8 Å². The fourth-order valence-electron chi connectivity index (χ4n) is 3.55. The zero-order chi connectivity index (χ0) is 26.1. The van der Waals surface area contributed by atoms with Gasteiger partial charge in [0.05, 0.1) is 10.6 Å². The van der Waals surface area contributed by atoms with Gasteiger partial charge in [-0.25, -0.2) is 8.42 Å². The molecule has 14 heteroatoms. The molecule has 1 aliphatic rings. The molecule has 0 bridgehead atoms. The first-order valence-corrected chi connectivity index (χ1v) is 14.7. The van der Waals surface area contributed by atoms with E-state index in [1.54, 1.807) is 37.3 Å². The fourth-order valence-corrected chi connectivity index (χ4v) is 7.17. The quantitative estimate of drug-likeness (QED) is 0.426. The number of nitrogens with one attached hydrogen (secondary N) is 2. The second-order valence-electron chi connectivity index (χ2n) is 8.49. The number of rotatable bonds is 7. The summed E-state index contributed by atoms with van der Waals surface area (Å²) in [6.07, 6.45) is 0. The molecule has 1 aliphatic heterocycles. The number of hydrogen-bond donors (Lipinski definition) is 2. The largest absolute Gasteiger partial charge is 0.304 e. The smallest absolute Gasteiger partial charge is 0.291 e. The van der Waals surface area contributed by atoms with Crippen molar-refractivity contribution in [2.45, 2.75) is 23.1 Å². The third-order valence-corrected chi connectivity index (χ3v) is 10.3. The number of aryl methyl sites for hydroxylation is 2. The molecule has 0 atom stereocenters. The van der Waals surface area contributed by atoms with Crippen molar-refractivity contribution in [1.29, 1.82) is 0 Å². The highest BCUT2D eigenvalue weighted by atomic mass is 32.2. The summed E-state index contributed by atoms with van der Waals surface area (Å²) >= 11 is 0.685. The van der Waals surface area contributed by atoms with Crippen molar-refractivity contribution in [2.24, 2.45) is 0 Å². The van der Waals surface area contributed by atoms with Crippen molar-refractivity contribution in [1.82, 2.24) is 19.4 Å². The summed E-state index contributed by atoms with van der Waals surface area (Å²) in [6.45, 7) is 5.51. The van der Waals surface area contributed by atoms with Crippen molar-refractivity contribution >= 4 is 48.1 Å². The Morgan fingerprint density at radius 2 is 1.61 bits per heavy atom. The third-order valence-electron chi connectivity index (χ3n) is 5.69. The number of amides is 1. The number of hydrogen-bond acceptors (Lipinski definition) is 9. The Bertz CT molecular complexity index is 1480. The Kier molecular flexibility index (Phi) is 7.43. The topological polar surface area (TPSA) is 142 Å². The van der Waals surface area contributed by atoms with E-state index in [-0.39, 0.29) is 20.1 Å². The number of nitrogens with zero attached hydrogens (tertiary/aromatic N) is 4. The Morgan fingerprint density at radius 1 is 0.944 bits per heavy atom. The van der Waals surface area contributed by atoms with Gasteiger partial charge in [-0.1, -0.05) is 35.1 Å². The molecule has 1 fully saturated rings. The maximum atomic E-state index is 13.2. The number of benzene rings is 2. The Labute approximate surface area is 214 Å². The van der Waals surface area contributed by atoms with Crippen LogP contribution in [0, 0.1) is 13.8 Å². The molecule has 1 amide bonds. The van der Waals surface area contributed by atoms with E-state index in [1.807, 2.05) is 18.9 Å². The van der Waals surface area contributed by atoms with Gasteiger partial charge in [-0.3, -0.25) is 14.8 Å². The highest BCUT2D eigenvalue weighted by Gasteiger charge is 2.29. The maximum Gasteiger partial charge on any atom is 0.291 e. The van der Waals surface area contributed by atoms with Crippen molar-refractivity contribution < 1.29 is 21.6 Å². The van der Waals surface area contributed by atoms with E-state index in [9.17, 15) is 21.6 Å². The summed E-state index contributed by atoms with van der Waals surface area (Å²) in [5, 5.41) is 9.99. The van der Waals surface area contributed by atoms with E-state index in [0.29, 0.717) is 48.6 Å². The molecule has 4 rings (SSSR count). The molecule has 2 N–H and O–H groups in total. The minimum Gasteiger partial charge on any atom is -0.304 e. The monoisotopic (exact) mass is 550 g/mol. The fraction of sp³-hybridized carbons (Fsp3) is 0.318. The Balaban J connectivity index is 1.51. The molecule has 1 saturated heterocycles. The standard InChI is InChI=1S/C22H26N6O5S3/c1-15-4-7-17(8-5-15)20(29)23-21-24-25-22(34-21)35(30,31)26-18-9-6-16(2)19(14-18)36(32,33)28-12-10-27(3)11-13-28/h4-9,14,26H,10-13H2,1-3H3,(H,23,24,29). The van der Waals surface area contributed by atoms with Crippen LogP contribution >= 0.6 is 11.3 Å². The minimum absolute atomic E-state index is 0.0168. The maximum absolute atomic E-state index is 13.2. The lowest BCUT2D eigenvalue weighted by Crippen LogP contribution is -2.47. The normalized spacial score (nSPS) is 15.5. The second-order valence-corrected chi connectivity index (χ2v) is 13.2. The molecule has 2 aromatic carbocycles. The van der Waals surface area contributed by atoms with Gasteiger partial charge in [-0.15, -0.1) is 10.2 Å². The summed E-state index contributed by atoms with van der Waals surface area (Å²) in [4.78, 5) is 14.5. The van der Waals surface area contributed by atoms with Gasteiger partial charge in [-0.2, -0.15) is 12.7 Å². The van der Waals surface area contributed by atoms with Crippen LogP contribution in [0.2, 0.25) is 0 Å². The molecule has 0 saturated carbocycles. The number of likely N-dealkylation sites (N-methyl/N-ethyl adjacent to an activating group) is 1. The summed E-state index contributed by atoms with van der Waals surface area (Å²) in [7, 11) is -6.05. The molecular formula is C22H26N6O5S3. The van der Waals surface area contributed by atoms with Gasteiger partial charge in [0.2, 0.25) is 15.2 Å². The minimum atomic E-state index is -4.18. The lowest BCUT2D eigenvalue weighted by atomic mass is 10.1. The predicted octanol–water partition coefficient (Wildman–Crippen LogP) is 2.14. The lowest BCUT2D eigenvalue weighted by Gasteiger charge is -2.32. The highest BCUT2D eigenvalue weighted by Crippen LogP contribution is 2.27. The van der Waals surface area contributed by atoms with Crippen molar-refractivity contribution in [3.63, 3.8) is 0 Å². The SMILES string of the molecule is Cc1ccc(C(=O)Nc2nnc(S(=O)(=O)Nc3ccc(C)c(S(=O)(=O)N4CCN(C)CC4)c3)s2)cc1. The molecule has 2 heterocycles. The number of anilines is 2. The van der Waals surface area contributed by atoms with E-state index in [2.05, 4.69) is 20.2 Å². The van der Waals surface area contributed by atoms with Gasteiger partial charge in [0.1, 0.15) is 0 Å². The van der Waals surface area contributed by atoms with E-state index in [0.717, 1.165) is 5.56 Å². The van der Waals surface area contributed by atoms with E-state index in [1.165, 1.54) is 16.4 Å². The molecule has 1 aromatic heterocycles. The summed E-state index contributed by atoms with van der Waals surface area (Å²) in [5.74, 6) is -0.444. The Morgan fingerprint density at radius 3 is 2.28 bits per heavy atom. The van der Waals surface area contributed by atoms with Crippen LogP contribution < -0.4 is 10.0 Å². The van der Waals surface area contributed by atoms with E-state index in [4.69, 9.17) is 0 Å². The predicted molar refractivity (Wildman–Crippen MR) is 137 cm³/mol. The molecular weight excluding hydrogens is 524 g/mol. The van der Waals surface area contributed by atoms with Gasteiger partial charge in [0.15, 0.2) is 0 Å². The summed E-state index contributed by atoms with van der Waals surface area (Å²) in [6, 6.07) is 11.2. The molecule has 0 aliphatic carbocycles. The van der Waals surface area contributed by atoms with Crippen LogP contribution in [-0.2, 0) is 20.0 Å². The lowest BCUT2D eigenvalue weighted by molar-refractivity contribution is 0.102. The van der Waals surface area contributed by atoms with E-state index < -0.39 is 26.0 Å². The van der Waals surface area contributed by atoms with Gasteiger partial charge in [0, 0.05) is 31.7 Å². The molecule has 192 valence electrons. The number of sulfonamides is 2. The van der Waals surface area contributed by atoms with Crippen LogP contribution in [0.5, 0.6) is 0 Å². The number of aromatic nitrogens is 2. The zero-order valence-electron chi connectivity index (χ0n) is 19.9. The Hall–Kier alpha value is -2.91. The van der Waals surface area contributed by atoms with Crippen molar-refractivity contribution in [3.05, 3.63) is 59.2 Å². The van der Waals surface area contributed by atoms with Crippen LogP contribution in [0.15, 0.2) is 51.7 Å². The van der Waals surface area contributed by atoms with E-state index >= 15 is 0 Å². The third kappa shape index (κ3) is 5.73. The first-order chi connectivity index (χ1) is 17.0. The van der Waals surface area contributed by atoms with Crippen LogP contribution in [-0.4, -0.2) is 75.4 Å². The highest BCUT2D eigenvalue weighted by molar-refractivity contribution is 7.94. The number of carbonyl (C=O) groups is 1. The summed E-state index contributed by atoms with van der Waals surface area (Å²) < 4.78 is 55.6. The molecule has 11 nitrogen and oxygen atoms in total. The zero-order valence-corrected chi connectivity index (χ0v) is 22.4. The number of piperazine rings is 1. The van der Waals surface area contributed by atoms with Crippen molar-refractivity contribution in [3.8, 4) is 0 Å². The molecule has 3 aromatic rings. The molecule has 0 radical (unpaired) electrons. The van der Waals surface area contributed by atoms with Gasteiger partial charge in [0.25, 0.3) is 20.3 Å². The molecule has 36 heavy (non-hydrogen) atoms. The number of carbonyl (C=O) groups excluding carboxylic acids is 1. The van der Waals surface area contributed by atoms with Gasteiger partial charge < -0.3 is 4.90 Å². The second kappa shape index (κ2) is 10.2. The molecule has 0 unspecified atom stereocenters. The van der Waals surface area contributed by atoms with Crippen molar-refractivity contribution in [2.75, 3.05) is 43.3 Å². The average Bonchev–Trinajstić information content (AvgIpc) is 3.30. The first-order valence-electron chi connectivity index (χ1n) is 11.0. The average molecular weight is 551 g/mol. The van der Waals surface area contributed by atoms with Crippen LogP contribution in [0.1, 0.15) is 21.5 Å². The van der Waals surface area contributed by atoms with Crippen LogP contribution in [0.25, 0.3) is 0 Å². The van der Waals surface area contributed by atoms with Gasteiger partial charge >= 0.3 is 0 Å².